The molecule has 0 atom stereocenters. The summed E-state index contributed by atoms with van der Waals surface area (Å²) in [6.07, 6.45) is 1.80. The van der Waals surface area contributed by atoms with E-state index in [2.05, 4.69) is 19.8 Å². The zero-order valence-electron chi connectivity index (χ0n) is 12.2. The number of nitrogens with zero attached hydrogens (tertiary/aromatic N) is 4. The van der Waals surface area contributed by atoms with Crippen molar-refractivity contribution in [2.45, 2.75) is 13.5 Å². The van der Waals surface area contributed by atoms with Crippen molar-refractivity contribution in [2.75, 3.05) is 31.1 Å². The predicted octanol–water partition coefficient (Wildman–Crippen LogP) is 2.25. The molecule has 0 amide bonds. The lowest BCUT2D eigenvalue weighted by atomic mass is 10.2. The zero-order chi connectivity index (χ0) is 14.7. The highest BCUT2D eigenvalue weighted by Crippen LogP contribution is 2.14. The Morgan fingerprint density at radius 3 is 2.57 bits per heavy atom. The minimum Gasteiger partial charge on any atom is -0.338 e. The minimum absolute atomic E-state index is 0.123. The van der Waals surface area contributed by atoms with E-state index in [9.17, 15) is 4.39 Å². The third kappa shape index (κ3) is 3.36. The lowest BCUT2D eigenvalue weighted by molar-refractivity contribution is 0.245. The molecule has 2 aromatic rings. The molecule has 1 fully saturated rings. The summed E-state index contributed by atoms with van der Waals surface area (Å²) in [6, 6.07) is 8.89. The van der Waals surface area contributed by atoms with Gasteiger partial charge < -0.3 is 4.90 Å². The molecule has 1 aliphatic rings. The van der Waals surface area contributed by atoms with Gasteiger partial charge in [-0.05, 0) is 19.1 Å². The fourth-order valence-electron chi connectivity index (χ4n) is 2.56. The van der Waals surface area contributed by atoms with Crippen molar-refractivity contribution in [3.8, 4) is 0 Å². The molecule has 0 aliphatic carbocycles. The van der Waals surface area contributed by atoms with Crippen molar-refractivity contribution in [1.82, 2.24) is 14.9 Å². The third-order valence-corrected chi connectivity index (χ3v) is 3.79. The molecule has 4 nitrogen and oxygen atoms in total. The van der Waals surface area contributed by atoms with E-state index >= 15 is 0 Å². The van der Waals surface area contributed by atoms with Crippen LogP contribution in [0.5, 0.6) is 0 Å². The van der Waals surface area contributed by atoms with E-state index < -0.39 is 0 Å². The SMILES string of the molecule is Cc1ccnc(N2CCN(Cc3ccccc3F)CC2)n1. The van der Waals surface area contributed by atoms with Crippen LogP contribution in [0.25, 0.3) is 0 Å². The average molecular weight is 286 g/mol. The van der Waals surface area contributed by atoms with Gasteiger partial charge in [-0.15, -0.1) is 0 Å². The Balaban J connectivity index is 1.59. The van der Waals surface area contributed by atoms with Crippen LogP contribution in [0.2, 0.25) is 0 Å². The van der Waals surface area contributed by atoms with E-state index in [0.29, 0.717) is 6.54 Å². The Morgan fingerprint density at radius 1 is 1.10 bits per heavy atom. The largest absolute Gasteiger partial charge is 0.338 e. The Morgan fingerprint density at radius 2 is 1.86 bits per heavy atom. The summed E-state index contributed by atoms with van der Waals surface area (Å²) in [4.78, 5) is 13.2. The van der Waals surface area contributed by atoms with Gasteiger partial charge in [-0.25, -0.2) is 14.4 Å². The second kappa shape index (κ2) is 6.18. The smallest absolute Gasteiger partial charge is 0.225 e. The van der Waals surface area contributed by atoms with Crippen molar-refractivity contribution in [1.29, 1.82) is 0 Å². The number of aryl methyl sites for hydroxylation is 1. The highest BCUT2D eigenvalue weighted by molar-refractivity contribution is 5.31. The van der Waals surface area contributed by atoms with Crippen LogP contribution in [0, 0.1) is 12.7 Å². The third-order valence-electron chi connectivity index (χ3n) is 3.79. The number of benzene rings is 1. The van der Waals surface area contributed by atoms with Crippen molar-refractivity contribution < 1.29 is 4.39 Å². The molecule has 2 heterocycles. The number of halogens is 1. The molecule has 1 saturated heterocycles. The first kappa shape index (κ1) is 13.9. The topological polar surface area (TPSA) is 32.3 Å². The quantitative estimate of drug-likeness (QED) is 0.866. The molecule has 3 rings (SSSR count). The lowest BCUT2D eigenvalue weighted by Crippen LogP contribution is -2.46. The van der Waals surface area contributed by atoms with Gasteiger partial charge in [0.15, 0.2) is 0 Å². The summed E-state index contributed by atoms with van der Waals surface area (Å²) < 4.78 is 13.7. The maximum Gasteiger partial charge on any atom is 0.225 e. The van der Waals surface area contributed by atoms with Crippen LogP contribution in [-0.2, 0) is 6.54 Å². The summed E-state index contributed by atoms with van der Waals surface area (Å²) in [6.45, 7) is 6.17. The number of rotatable bonds is 3. The van der Waals surface area contributed by atoms with E-state index in [1.807, 2.05) is 25.1 Å². The highest BCUT2D eigenvalue weighted by atomic mass is 19.1. The summed E-state index contributed by atoms with van der Waals surface area (Å²) in [5, 5.41) is 0. The molecular formula is C16H19FN4. The first-order valence-electron chi connectivity index (χ1n) is 7.23. The lowest BCUT2D eigenvalue weighted by Gasteiger charge is -2.34. The summed E-state index contributed by atoms with van der Waals surface area (Å²) >= 11 is 0. The molecular weight excluding hydrogens is 267 g/mol. The summed E-state index contributed by atoms with van der Waals surface area (Å²) in [5.41, 5.74) is 1.74. The van der Waals surface area contributed by atoms with E-state index in [1.54, 1.807) is 12.3 Å². The molecule has 0 bridgehead atoms. The molecule has 1 aromatic carbocycles. The van der Waals surface area contributed by atoms with Gasteiger partial charge >= 0.3 is 0 Å². The fourth-order valence-corrected chi connectivity index (χ4v) is 2.56. The Kier molecular flexibility index (Phi) is 4.10. The first-order chi connectivity index (χ1) is 10.2. The van der Waals surface area contributed by atoms with Crippen LogP contribution < -0.4 is 4.90 Å². The number of hydrogen-bond acceptors (Lipinski definition) is 4. The van der Waals surface area contributed by atoms with Crippen LogP contribution >= 0.6 is 0 Å². The van der Waals surface area contributed by atoms with Crippen molar-refractivity contribution in [3.63, 3.8) is 0 Å². The molecule has 5 heteroatoms. The van der Waals surface area contributed by atoms with Crippen LogP contribution in [0.4, 0.5) is 10.3 Å². The molecule has 0 saturated carbocycles. The van der Waals surface area contributed by atoms with E-state index in [0.717, 1.165) is 43.4 Å². The second-order valence-electron chi connectivity index (χ2n) is 5.35. The van der Waals surface area contributed by atoms with Crippen molar-refractivity contribution in [2.24, 2.45) is 0 Å². The van der Waals surface area contributed by atoms with Gasteiger partial charge in [0, 0.05) is 50.2 Å². The van der Waals surface area contributed by atoms with Crippen LogP contribution in [0.3, 0.4) is 0 Å². The van der Waals surface area contributed by atoms with Gasteiger partial charge in [-0.1, -0.05) is 18.2 Å². The van der Waals surface area contributed by atoms with Crippen molar-refractivity contribution in [3.05, 3.63) is 53.6 Å². The molecule has 0 radical (unpaired) electrons. The average Bonchev–Trinajstić information content (AvgIpc) is 2.50. The van der Waals surface area contributed by atoms with Gasteiger partial charge in [-0.2, -0.15) is 0 Å². The molecule has 0 spiro atoms. The maximum absolute atomic E-state index is 13.7. The number of piperazine rings is 1. The zero-order valence-corrected chi connectivity index (χ0v) is 12.2. The monoisotopic (exact) mass is 286 g/mol. The van der Waals surface area contributed by atoms with Crippen LogP contribution in [0.15, 0.2) is 36.5 Å². The molecule has 21 heavy (non-hydrogen) atoms. The Hall–Kier alpha value is -2.01. The Bertz CT molecular complexity index is 609. The van der Waals surface area contributed by atoms with Gasteiger partial charge in [0.1, 0.15) is 5.82 Å². The maximum atomic E-state index is 13.7. The Labute approximate surface area is 124 Å². The summed E-state index contributed by atoms with van der Waals surface area (Å²) in [5.74, 6) is 0.669. The molecule has 0 unspecified atom stereocenters. The van der Waals surface area contributed by atoms with Gasteiger partial charge in [0.25, 0.3) is 0 Å². The van der Waals surface area contributed by atoms with Gasteiger partial charge in [0.05, 0.1) is 0 Å². The van der Waals surface area contributed by atoms with Crippen molar-refractivity contribution >= 4 is 5.95 Å². The second-order valence-corrected chi connectivity index (χ2v) is 5.35. The van der Waals surface area contributed by atoms with E-state index in [4.69, 9.17) is 0 Å². The normalized spacial score (nSPS) is 16.2. The number of anilines is 1. The first-order valence-corrected chi connectivity index (χ1v) is 7.23. The number of aromatic nitrogens is 2. The van der Waals surface area contributed by atoms with Gasteiger partial charge in [0.2, 0.25) is 5.95 Å². The van der Waals surface area contributed by atoms with Crippen LogP contribution in [0.1, 0.15) is 11.3 Å². The fraction of sp³-hybridized carbons (Fsp3) is 0.375. The molecule has 1 aromatic heterocycles. The molecule has 110 valence electrons. The van der Waals surface area contributed by atoms with Crippen LogP contribution in [-0.4, -0.2) is 41.0 Å². The standard InChI is InChI=1S/C16H19FN4/c1-13-6-7-18-16(19-13)21-10-8-20(9-11-21)12-14-4-2-3-5-15(14)17/h2-7H,8-12H2,1H3. The predicted molar refractivity (Wildman–Crippen MR) is 80.7 cm³/mol. The number of hydrogen-bond donors (Lipinski definition) is 0. The highest BCUT2D eigenvalue weighted by Gasteiger charge is 2.19. The molecule has 1 aliphatic heterocycles. The van der Waals surface area contributed by atoms with Gasteiger partial charge in [-0.3, -0.25) is 4.90 Å². The van der Waals surface area contributed by atoms with E-state index in [-0.39, 0.29) is 5.82 Å². The minimum atomic E-state index is -0.123. The van der Waals surface area contributed by atoms with E-state index in [1.165, 1.54) is 6.07 Å². The summed E-state index contributed by atoms with van der Waals surface area (Å²) in [7, 11) is 0. The molecule has 0 N–H and O–H groups in total.